The Morgan fingerprint density at radius 3 is 2.83 bits per heavy atom. The Bertz CT molecular complexity index is 889. The summed E-state index contributed by atoms with van der Waals surface area (Å²) in [7, 11) is 0. The second kappa shape index (κ2) is 6.93. The molecule has 0 radical (unpaired) electrons. The van der Waals surface area contributed by atoms with E-state index in [1.807, 2.05) is 31.2 Å². The van der Waals surface area contributed by atoms with Gasteiger partial charge in [-0.05, 0) is 36.8 Å². The molecular formula is C18H17ClN2O3. The molecule has 1 N–H and O–H groups in total. The maximum Gasteiger partial charge on any atom is 0.323 e. The molecule has 0 fully saturated rings. The Hall–Kier alpha value is -2.53. The number of ether oxygens (including phenoxy) is 1. The molecule has 0 spiro atoms. The minimum Gasteiger partial charge on any atom is -0.493 e. The highest BCUT2D eigenvalue weighted by Gasteiger charge is 2.18. The van der Waals surface area contributed by atoms with Crippen LogP contribution in [0.5, 0.6) is 5.75 Å². The Balaban J connectivity index is 2.21. The second-order valence-electron chi connectivity index (χ2n) is 5.39. The molecule has 1 aromatic heterocycles. The molecule has 0 saturated carbocycles. The van der Waals surface area contributed by atoms with E-state index in [1.165, 1.54) is 0 Å². The highest BCUT2D eigenvalue weighted by molar-refractivity contribution is 6.31. The summed E-state index contributed by atoms with van der Waals surface area (Å²) in [6.07, 6.45) is 0.869. The first-order chi connectivity index (χ1) is 11.6. The lowest BCUT2D eigenvalue weighted by molar-refractivity contribution is -0.137. The molecule has 0 aliphatic heterocycles. The summed E-state index contributed by atoms with van der Waals surface area (Å²) < 4.78 is 7.46. The van der Waals surface area contributed by atoms with E-state index >= 15 is 0 Å². The van der Waals surface area contributed by atoms with Crippen molar-refractivity contribution in [3.63, 3.8) is 0 Å². The smallest absolute Gasteiger partial charge is 0.323 e. The molecule has 0 aliphatic carbocycles. The highest BCUT2D eigenvalue weighted by atomic mass is 35.5. The zero-order valence-corrected chi connectivity index (χ0v) is 14.0. The fourth-order valence-corrected chi connectivity index (χ4v) is 2.76. The Morgan fingerprint density at radius 1 is 1.29 bits per heavy atom. The van der Waals surface area contributed by atoms with Crippen LogP contribution in [0, 0.1) is 0 Å². The Kier molecular flexibility index (Phi) is 4.71. The van der Waals surface area contributed by atoms with Crippen molar-refractivity contribution in [3.05, 3.63) is 47.5 Å². The van der Waals surface area contributed by atoms with Crippen molar-refractivity contribution in [3.8, 4) is 17.1 Å². The van der Waals surface area contributed by atoms with Crippen molar-refractivity contribution in [2.45, 2.75) is 19.9 Å². The number of rotatable bonds is 6. The first kappa shape index (κ1) is 16.3. The van der Waals surface area contributed by atoms with Crippen LogP contribution in [0.25, 0.3) is 22.4 Å². The third-order valence-corrected chi connectivity index (χ3v) is 3.83. The summed E-state index contributed by atoms with van der Waals surface area (Å²) in [6.45, 7) is 2.40. The number of carbonyl (C=O) groups is 1. The van der Waals surface area contributed by atoms with E-state index in [-0.39, 0.29) is 6.54 Å². The molecule has 0 saturated heterocycles. The van der Waals surface area contributed by atoms with Crippen molar-refractivity contribution in [2.24, 2.45) is 0 Å². The first-order valence-electron chi connectivity index (χ1n) is 7.70. The molecule has 1 heterocycles. The molecule has 0 atom stereocenters. The second-order valence-corrected chi connectivity index (χ2v) is 5.83. The molecule has 0 amide bonds. The van der Waals surface area contributed by atoms with Crippen molar-refractivity contribution >= 4 is 28.6 Å². The predicted octanol–water partition coefficient (Wildman–Crippen LogP) is 4.23. The summed E-state index contributed by atoms with van der Waals surface area (Å²) in [5, 5.41) is 9.82. The van der Waals surface area contributed by atoms with Crippen LogP contribution >= 0.6 is 11.6 Å². The SMILES string of the molecule is CCCOc1ccc(Cl)cc1-c1nc2ccccc2n1CC(=O)O. The number of fused-ring (bicyclic) bond motifs is 1. The molecule has 0 aliphatic rings. The molecule has 0 bridgehead atoms. The topological polar surface area (TPSA) is 64.4 Å². The van der Waals surface area contributed by atoms with Crippen LogP contribution in [0.2, 0.25) is 5.02 Å². The van der Waals surface area contributed by atoms with Crippen molar-refractivity contribution in [2.75, 3.05) is 6.61 Å². The number of hydrogen-bond donors (Lipinski definition) is 1. The number of nitrogens with zero attached hydrogens (tertiary/aromatic N) is 2. The lowest BCUT2D eigenvalue weighted by atomic mass is 10.2. The largest absolute Gasteiger partial charge is 0.493 e. The summed E-state index contributed by atoms with van der Waals surface area (Å²) in [6, 6.07) is 12.7. The van der Waals surface area contributed by atoms with Crippen LogP contribution in [0.4, 0.5) is 0 Å². The van der Waals surface area contributed by atoms with Crippen LogP contribution in [-0.2, 0) is 11.3 Å². The van der Waals surface area contributed by atoms with E-state index in [4.69, 9.17) is 16.3 Å². The van der Waals surface area contributed by atoms with E-state index in [1.54, 1.807) is 22.8 Å². The molecule has 6 heteroatoms. The van der Waals surface area contributed by atoms with Crippen LogP contribution in [-0.4, -0.2) is 27.2 Å². The van der Waals surface area contributed by atoms with Gasteiger partial charge in [0.05, 0.1) is 23.2 Å². The van der Waals surface area contributed by atoms with Gasteiger partial charge in [-0.15, -0.1) is 0 Å². The lowest BCUT2D eigenvalue weighted by Crippen LogP contribution is -2.10. The average molecular weight is 345 g/mol. The maximum absolute atomic E-state index is 11.3. The number of carboxylic acids is 1. The van der Waals surface area contributed by atoms with E-state index in [0.717, 1.165) is 17.5 Å². The number of halogens is 1. The van der Waals surface area contributed by atoms with E-state index in [0.29, 0.717) is 28.8 Å². The van der Waals surface area contributed by atoms with Crippen molar-refractivity contribution in [1.82, 2.24) is 9.55 Å². The van der Waals surface area contributed by atoms with Gasteiger partial charge in [-0.1, -0.05) is 30.7 Å². The summed E-state index contributed by atoms with van der Waals surface area (Å²) >= 11 is 6.15. The quantitative estimate of drug-likeness (QED) is 0.726. The third kappa shape index (κ3) is 3.21. The monoisotopic (exact) mass is 344 g/mol. The predicted molar refractivity (Wildman–Crippen MR) is 93.6 cm³/mol. The van der Waals surface area contributed by atoms with Crippen LogP contribution in [0.15, 0.2) is 42.5 Å². The summed E-state index contributed by atoms with van der Waals surface area (Å²) in [5.74, 6) is 0.243. The van der Waals surface area contributed by atoms with Gasteiger partial charge in [0.1, 0.15) is 18.1 Å². The fraction of sp³-hybridized carbons (Fsp3) is 0.222. The van der Waals surface area contributed by atoms with Gasteiger partial charge in [0.15, 0.2) is 0 Å². The molecule has 0 unspecified atom stereocenters. The summed E-state index contributed by atoms with van der Waals surface area (Å²) in [4.78, 5) is 15.9. The van der Waals surface area contributed by atoms with Gasteiger partial charge in [-0.2, -0.15) is 0 Å². The summed E-state index contributed by atoms with van der Waals surface area (Å²) in [5.41, 5.74) is 2.18. The van der Waals surface area contributed by atoms with Gasteiger partial charge < -0.3 is 14.4 Å². The number of carboxylic acid groups (broad SMARTS) is 1. The van der Waals surface area contributed by atoms with Gasteiger partial charge in [0, 0.05) is 5.02 Å². The average Bonchev–Trinajstić information content (AvgIpc) is 2.92. The van der Waals surface area contributed by atoms with Gasteiger partial charge in [0.25, 0.3) is 0 Å². The van der Waals surface area contributed by atoms with Crippen LogP contribution < -0.4 is 4.74 Å². The van der Waals surface area contributed by atoms with Crippen LogP contribution in [0.3, 0.4) is 0 Å². The highest BCUT2D eigenvalue weighted by Crippen LogP contribution is 2.34. The van der Waals surface area contributed by atoms with E-state index in [2.05, 4.69) is 4.98 Å². The van der Waals surface area contributed by atoms with Gasteiger partial charge in [-0.25, -0.2) is 4.98 Å². The molecule has 24 heavy (non-hydrogen) atoms. The number of hydrogen-bond acceptors (Lipinski definition) is 3. The van der Waals surface area contributed by atoms with E-state index < -0.39 is 5.97 Å². The molecule has 124 valence electrons. The molecule has 3 aromatic rings. The minimum atomic E-state index is -0.933. The zero-order valence-electron chi connectivity index (χ0n) is 13.2. The number of imidazole rings is 1. The standard InChI is InChI=1S/C18H17ClN2O3/c1-2-9-24-16-8-7-12(19)10-13(16)18-20-14-5-3-4-6-15(14)21(18)11-17(22)23/h3-8,10H,2,9,11H2,1H3,(H,22,23). The number of aliphatic carboxylic acids is 1. The first-order valence-corrected chi connectivity index (χ1v) is 8.07. The maximum atomic E-state index is 11.3. The van der Waals surface area contributed by atoms with Crippen LogP contribution in [0.1, 0.15) is 13.3 Å². The molecule has 2 aromatic carbocycles. The van der Waals surface area contributed by atoms with E-state index in [9.17, 15) is 9.90 Å². The van der Waals surface area contributed by atoms with Gasteiger partial charge in [0.2, 0.25) is 0 Å². The molecular weight excluding hydrogens is 328 g/mol. The number of benzene rings is 2. The van der Waals surface area contributed by atoms with Gasteiger partial charge >= 0.3 is 5.97 Å². The lowest BCUT2D eigenvalue weighted by Gasteiger charge is -2.12. The van der Waals surface area contributed by atoms with Gasteiger partial charge in [-0.3, -0.25) is 4.79 Å². The molecule has 3 rings (SSSR count). The third-order valence-electron chi connectivity index (χ3n) is 3.59. The molecule has 5 nitrogen and oxygen atoms in total. The van der Waals surface area contributed by atoms with Crippen molar-refractivity contribution in [1.29, 1.82) is 0 Å². The number of aromatic nitrogens is 2. The fourth-order valence-electron chi connectivity index (χ4n) is 2.59. The number of para-hydroxylation sites is 2. The minimum absolute atomic E-state index is 0.185. The van der Waals surface area contributed by atoms with Crippen molar-refractivity contribution < 1.29 is 14.6 Å². The zero-order chi connectivity index (χ0) is 17.1. The Morgan fingerprint density at radius 2 is 2.08 bits per heavy atom. The normalized spacial score (nSPS) is 10.9. The Labute approximate surface area is 144 Å².